The highest BCUT2D eigenvalue weighted by Gasteiger charge is 2.39. The van der Waals surface area contributed by atoms with Gasteiger partial charge in [-0.2, -0.15) is 10.5 Å². The number of anilines is 1. The Hall–Kier alpha value is -15.9. The first-order valence-corrected chi connectivity index (χ1v) is 47.6. The number of terminal acetylenes is 2. The van der Waals surface area contributed by atoms with Crippen molar-refractivity contribution in [1.82, 2.24) is 54.7 Å². The summed E-state index contributed by atoms with van der Waals surface area (Å²) in [5, 5.41) is 43.9. The van der Waals surface area contributed by atoms with Crippen LogP contribution in [0.1, 0.15) is 152 Å². The average Bonchev–Trinajstić information content (AvgIpc) is 1.61. The molecule has 0 saturated carbocycles. The number of Topliss-reactive ketones (excluding diaryl/α,β-unsaturated/α-hetero) is 1. The molecule has 22 rings (SSSR count). The monoisotopic (exact) mass is 1920 g/mol. The number of likely N-dealkylation sites (tertiary alicyclic amines) is 1. The quantitative estimate of drug-likeness (QED) is 0.0469. The van der Waals surface area contributed by atoms with Crippen LogP contribution in [0.15, 0.2) is 195 Å². The van der Waals surface area contributed by atoms with Crippen LogP contribution in [0.25, 0.3) is 113 Å². The summed E-state index contributed by atoms with van der Waals surface area (Å²) in [5.41, 5.74) is 24.7. The van der Waals surface area contributed by atoms with E-state index in [1.54, 1.807) is 68.2 Å². The molecule has 4 saturated heterocycles. The molecule has 0 radical (unpaired) electrons. The number of aliphatic hydroxyl groups is 2. The van der Waals surface area contributed by atoms with Crippen molar-refractivity contribution in [3.8, 4) is 139 Å². The van der Waals surface area contributed by atoms with E-state index >= 15 is 0 Å². The van der Waals surface area contributed by atoms with Gasteiger partial charge < -0.3 is 73.0 Å². The molecule has 722 valence electrons. The number of ether oxygens (including phenoxy) is 9. The number of halogens is 3. The maximum Gasteiger partial charge on any atom is 0.573 e. The van der Waals surface area contributed by atoms with Crippen molar-refractivity contribution >= 4 is 62.5 Å². The first-order chi connectivity index (χ1) is 69.4. The summed E-state index contributed by atoms with van der Waals surface area (Å²) in [6.07, 6.45) is 29.9. The van der Waals surface area contributed by atoms with Gasteiger partial charge in [-0.05, 0) is 218 Å². The van der Waals surface area contributed by atoms with Gasteiger partial charge in [0.15, 0.2) is 0 Å². The number of piperidine rings is 1. The Bertz CT molecular complexity index is 7420. The highest BCUT2D eigenvalue weighted by molar-refractivity contribution is 6.00. The van der Waals surface area contributed by atoms with Crippen LogP contribution in [0.3, 0.4) is 0 Å². The Kier molecular flexibility index (Phi) is 28.1. The number of carbonyl (C=O) groups is 2. The summed E-state index contributed by atoms with van der Waals surface area (Å²) in [6.45, 7) is 13.5. The van der Waals surface area contributed by atoms with Crippen molar-refractivity contribution < 1.29 is 75.6 Å². The van der Waals surface area contributed by atoms with Gasteiger partial charge in [-0.25, -0.2) is 24.9 Å². The summed E-state index contributed by atoms with van der Waals surface area (Å²) < 4.78 is 87.8. The molecule has 13 heterocycles. The van der Waals surface area contributed by atoms with Gasteiger partial charge >= 0.3 is 6.36 Å². The van der Waals surface area contributed by atoms with Crippen molar-refractivity contribution in [2.45, 2.75) is 140 Å². The maximum atomic E-state index is 12.5. The van der Waals surface area contributed by atoms with E-state index < -0.39 is 24.0 Å². The minimum atomic E-state index is -4.76. The molecule has 8 aromatic heterocycles. The van der Waals surface area contributed by atoms with Crippen LogP contribution >= 0.6 is 0 Å². The second-order valence-corrected chi connectivity index (χ2v) is 37.0. The van der Waals surface area contributed by atoms with Crippen molar-refractivity contribution in [2.75, 3.05) is 77.8 Å². The number of fused-ring (bicyclic) bond motifs is 6. The van der Waals surface area contributed by atoms with Crippen LogP contribution in [0.2, 0.25) is 0 Å². The van der Waals surface area contributed by atoms with Crippen LogP contribution < -0.4 is 33.7 Å². The summed E-state index contributed by atoms with van der Waals surface area (Å²) in [5.74, 6) is 8.38. The number of nitrogens with zero attached hydrogens (tertiary/aromatic N) is 11. The number of ketones is 1. The minimum absolute atomic E-state index is 0.0666. The number of hydrogen-bond acceptors (Lipinski definition) is 24. The molecule has 6 aromatic carbocycles. The molecule has 14 aromatic rings. The molecule has 0 spiro atoms. The molecule has 0 bridgehead atoms. The first kappa shape index (κ1) is 96.0. The minimum Gasteiger partial charge on any atom is -0.489 e. The van der Waals surface area contributed by atoms with E-state index in [1.807, 2.05) is 111 Å². The lowest BCUT2D eigenvalue weighted by atomic mass is 9.85. The van der Waals surface area contributed by atoms with E-state index in [2.05, 4.69) is 120 Å². The van der Waals surface area contributed by atoms with Crippen LogP contribution in [0, 0.1) is 47.3 Å². The number of amides is 1. The summed E-state index contributed by atoms with van der Waals surface area (Å²) in [7, 11) is 0. The van der Waals surface area contributed by atoms with Gasteiger partial charge in [0, 0.05) is 193 Å². The van der Waals surface area contributed by atoms with Crippen molar-refractivity contribution in [3.05, 3.63) is 268 Å². The van der Waals surface area contributed by atoms with Crippen molar-refractivity contribution in [1.29, 1.82) is 10.5 Å². The predicted octanol–water partition coefficient (Wildman–Crippen LogP) is 19.1. The number of aromatic nitrogens is 10. The van der Waals surface area contributed by atoms with Crippen LogP contribution in [0.5, 0.6) is 34.6 Å². The maximum absolute atomic E-state index is 12.5. The normalized spacial score (nSPS) is 16.1. The van der Waals surface area contributed by atoms with Crippen LogP contribution in [0.4, 0.5) is 18.9 Å². The molecule has 3 aliphatic carbocycles. The number of aliphatic hydroxyl groups excluding tert-OH is 1. The Morgan fingerprint density at radius 3 is 1.44 bits per heavy atom. The lowest BCUT2D eigenvalue weighted by molar-refractivity contribution is -0.274. The third-order valence-electron chi connectivity index (χ3n) is 26.7. The fourth-order valence-electron chi connectivity index (χ4n) is 19.0. The molecule has 1 amide bonds. The largest absolute Gasteiger partial charge is 0.573 e. The fourth-order valence-corrected chi connectivity index (χ4v) is 19.0. The second kappa shape index (κ2) is 41.9. The molecule has 27 nitrogen and oxygen atoms in total. The molecule has 0 atom stereocenters. The molecule has 4 fully saturated rings. The second-order valence-electron chi connectivity index (χ2n) is 37.0. The summed E-state index contributed by atoms with van der Waals surface area (Å²) in [4.78, 5) is 68.8. The third kappa shape index (κ3) is 21.6. The molecule has 143 heavy (non-hydrogen) atoms. The number of alkyl halides is 3. The van der Waals surface area contributed by atoms with Gasteiger partial charge in [-0.3, -0.25) is 24.5 Å². The first-order valence-electron chi connectivity index (χ1n) is 47.6. The molecule has 8 aliphatic rings. The molecular weight excluding hydrogens is 1820 g/mol. The van der Waals surface area contributed by atoms with Crippen LogP contribution in [-0.4, -0.2) is 180 Å². The topological polar surface area (TPSA) is 355 Å². The number of benzene rings is 6. The lowest BCUT2D eigenvalue weighted by Gasteiger charge is -2.32. The zero-order chi connectivity index (χ0) is 99.0. The smallest absolute Gasteiger partial charge is 0.489 e. The van der Waals surface area contributed by atoms with E-state index in [-0.39, 0.29) is 41.9 Å². The Labute approximate surface area is 823 Å². The number of carbonyl (C=O) groups excluding carboxylic acids is 2. The lowest BCUT2D eigenvalue weighted by Crippen LogP contribution is -2.42. The van der Waals surface area contributed by atoms with Gasteiger partial charge in [-0.1, -0.05) is 30.0 Å². The number of hydrogen-bond donors (Lipinski definition) is 5. The Morgan fingerprint density at radius 1 is 0.510 bits per heavy atom. The Morgan fingerprint density at radius 2 is 0.965 bits per heavy atom. The van der Waals surface area contributed by atoms with Gasteiger partial charge in [0.1, 0.15) is 103 Å². The average molecular weight is 1920 g/mol. The SMILES string of the molecule is C#Cc1cc(-c2ncnc3c2C=C(c2ccc4c(c2)CC(=O)C4(C)C)C3)ccc1OC1CCOCC1.C#Cc1cc(-c2ncnc3c2C=C(c2cnc4c(c2)NCCO4)C3)ccc1OC1CCOCC1.CC(C)(O)c1ccc(-c2cc3c(-c4ccc(OC5CCOCC5)c(C#N)c4)nccc3[nH]2)cn1.N#Cc1cc(-c2nccc3[nH]c(-c4ccc(OC(F)(F)F)cc4)cc23)ccc1OC1CCN(C(=O)CO)CC1. The zero-order valence-corrected chi connectivity index (χ0v) is 79.1. The third-order valence-corrected chi connectivity index (χ3v) is 26.7. The van der Waals surface area contributed by atoms with Gasteiger partial charge in [0.25, 0.3) is 0 Å². The predicted molar refractivity (Wildman–Crippen MR) is 534 cm³/mol. The fraction of sp³-hybridized carbons (Fsp3) is 0.292. The van der Waals surface area contributed by atoms with Gasteiger partial charge in [-0.15, -0.1) is 26.0 Å². The molecule has 5 aliphatic heterocycles. The van der Waals surface area contributed by atoms with Gasteiger partial charge in [0.2, 0.25) is 11.8 Å². The van der Waals surface area contributed by atoms with E-state index in [4.69, 9.17) is 55.8 Å². The van der Waals surface area contributed by atoms with E-state index in [9.17, 15) is 38.4 Å². The summed E-state index contributed by atoms with van der Waals surface area (Å²) in [6, 6.07) is 52.7. The molecular formula is C113H101F3N14O13. The van der Waals surface area contributed by atoms with Crippen LogP contribution in [-0.2, 0) is 54.1 Å². The Balaban J connectivity index is 0.000000121. The molecule has 0 unspecified atom stereocenters. The molecule has 5 N–H and O–H groups in total. The number of aromatic amines is 2. The van der Waals surface area contributed by atoms with E-state index in [1.165, 1.54) is 29.8 Å². The zero-order valence-electron chi connectivity index (χ0n) is 79.1. The highest BCUT2D eigenvalue weighted by Crippen LogP contribution is 2.45. The number of H-pyrrole nitrogens is 2. The molecule has 30 heteroatoms. The standard InChI is InChI=1S/C31H28N2O3.C28H23F3N4O4.C27H24N4O3.C27H26N4O3/c1-4-19-13-21(6-8-28(19)36-24-9-11-35-12-10-24)30-25-15-22(16-27(25)32-18-33-30)20-5-7-26-23(14-20)17-29(34)31(26,2)3;29-28(30,31)39-21-4-1-17(2-5-21)24-14-22-23(34-24)7-10-33-27(22)18-3-6-25(19(13-18)15-32)38-20-8-11-35(12-9-20)26(37)16-36;1-2-17-11-18(3-4-25(17)34-21-5-8-32-9-6-21)26-22-12-19(13-23(22)30-16-31-26)20-14-24-27(29-15-20)33-10-7-28-24;1-27(2,32)25-6-4-18(16-30-25)23-14-21-22(31-23)7-10-29-26(21)17-3-5-24(19(13-17)15-28)34-20-8-11-33-12-9-20/h1,5-8,13-15,18,24H,9-12,16-17H2,2-3H3;1-7,10,13-14,20,34,36H,8-9,11-12,16H2;1,3-4,11-12,14-16,21,28H,5-10,13H2;3-7,10,13-14,16,20,31-32H,8-9,11-12H2,1-2H3. The number of pyridine rings is 4. The highest BCUT2D eigenvalue weighted by atomic mass is 19.4. The van der Waals surface area contributed by atoms with E-state index in [0.717, 1.165) is 217 Å². The number of rotatable bonds is 19. The van der Waals surface area contributed by atoms with Crippen molar-refractivity contribution in [2.24, 2.45) is 0 Å². The number of nitriles is 2. The number of nitrogens with one attached hydrogen (secondary N) is 3. The summed E-state index contributed by atoms with van der Waals surface area (Å²) >= 11 is 0. The van der Waals surface area contributed by atoms with Gasteiger partial charge in [0.05, 0.1) is 107 Å². The number of allylic oxidation sites excluding steroid dienone is 2. The van der Waals surface area contributed by atoms with E-state index in [0.29, 0.717) is 122 Å². The van der Waals surface area contributed by atoms with Crippen molar-refractivity contribution in [3.63, 3.8) is 0 Å².